The molecule has 1 aromatic carbocycles. The lowest BCUT2D eigenvalue weighted by molar-refractivity contribution is -0.143. The van der Waals surface area contributed by atoms with Crippen LogP contribution in [0, 0.1) is 23.5 Å². The van der Waals surface area contributed by atoms with E-state index in [0.717, 1.165) is 49.8 Å². The molecular formula is C23H23F5N6O2. The Kier molecular flexibility index (Phi) is 6.31. The average molecular weight is 510 g/mol. The minimum Gasteiger partial charge on any atom is -0.481 e. The summed E-state index contributed by atoms with van der Waals surface area (Å²) in [6.45, 7) is 0.0292. The normalized spacial score (nSPS) is 21.5. The lowest BCUT2D eigenvalue weighted by Crippen LogP contribution is -2.48. The number of ether oxygens (including phenoxy) is 2. The van der Waals surface area contributed by atoms with Gasteiger partial charge in [0.2, 0.25) is 11.8 Å². The Morgan fingerprint density at radius 3 is 2.47 bits per heavy atom. The van der Waals surface area contributed by atoms with E-state index in [2.05, 4.69) is 25.3 Å². The molecule has 0 spiro atoms. The summed E-state index contributed by atoms with van der Waals surface area (Å²) >= 11 is 0. The Labute approximate surface area is 203 Å². The summed E-state index contributed by atoms with van der Waals surface area (Å²) in [4.78, 5) is 10.5. The van der Waals surface area contributed by atoms with Crippen molar-refractivity contribution >= 4 is 11.6 Å². The van der Waals surface area contributed by atoms with Crippen LogP contribution in [0.4, 0.5) is 33.6 Å². The maximum atomic E-state index is 13.6. The van der Waals surface area contributed by atoms with Crippen LogP contribution in [-0.2, 0) is 6.54 Å². The first-order valence-electron chi connectivity index (χ1n) is 11.3. The fourth-order valence-electron chi connectivity index (χ4n) is 4.91. The van der Waals surface area contributed by atoms with Crippen LogP contribution in [0.2, 0.25) is 0 Å². The Morgan fingerprint density at radius 1 is 1.06 bits per heavy atom. The van der Waals surface area contributed by atoms with Crippen molar-refractivity contribution in [1.29, 1.82) is 0 Å². The van der Waals surface area contributed by atoms with E-state index in [0.29, 0.717) is 10.6 Å². The summed E-state index contributed by atoms with van der Waals surface area (Å²) in [5.74, 6) is -1.55. The third kappa shape index (κ3) is 5.14. The zero-order chi connectivity index (χ0) is 25.4. The minimum atomic E-state index is -4.59. The number of fused-ring (bicyclic) bond motifs is 2. The molecule has 2 fully saturated rings. The van der Waals surface area contributed by atoms with Crippen LogP contribution in [0.5, 0.6) is 17.6 Å². The molecule has 36 heavy (non-hydrogen) atoms. The molecule has 3 heterocycles. The first-order valence-corrected chi connectivity index (χ1v) is 11.3. The van der Waals surface area contributed by atoms with Crippen LogP contribution in [0.1, 0.15) is 12.8 Å². The average Bonchev–Trinajstić information content (AvgIpc) is 3.29. The molecule has 1 aliphatic heterocycles. The summed E-state index contributed by atoms with van der Waals surface area (Å²) in [5, 5.41) is 7.17. The molecule has 1 aliphatic carbocycles. The van der Waals surface area contributed by atoms with E-state index < -0.39 is 30.4 Å². The lowest BCUT2D eigenvalue weighted by Gasteiger charge is -2.39. The second-order valence-corrected chi connectivity index (χ2v) is 8.90. The van der Waals surface area contributed by atoms with Gasteiger partial charge in [-0.3, -0.25) is 0 Å². The van der Waals surface area contributed by atoms with E-state index in [1.807, 2.05) is 12.1 Å². The molecule has 0 amide bonds. The number of rotatable bonds is 7. The first kappa shape index (κ1) is 24.1. The number of nitrogens with one attached hydrogen (secondary N) is 1. The Bertz CT molecular complexity index is 1220. The number of alkyl halides is 3. The summed E-state index contributed by atoms with van der Waals surface area (Å²) in [5.41, 5.74) is 0.993. The number of nitrogens with zero attached hydrogens (tertiary/aromatic N) is 5. The van der Waals surface area contributed by atoms with Gasteiger partial charge in [-0.2, -0.15) is 18.2 Å². The maximum absolute atomic E-state index is 13.6. The van der Waals surface area contributed by atoms with Crippen molar-refractivity contribution in [2.75, 3.05) is 30.4 Å². The number of benzene rings is 1. The molecular weight excluding hydrogens is 487 g/mol. The molecule has 13 heteroatoms. The fourth-order valence-corrected chi connectivity index (χ4v) is 4.91. The Morgan fingerprint density at radius 2 is 1.81 bits per heavy atom. The second-order valence-electron chi connectivity index (χ2n) is 8.90. The number of aromatic nitrogens is 4. The standard InChI is InChI=1S/C23H23F5N6O2/c1-35-19-8-15(6-7-29-19)33-10-13-2-3-14(11-33)20(13)30-21-31-22(34(32-21)12-23(26,27)28)36-16-4-5-17(24)18(25)9-16/h4-9,13-14,20H,2-3,10-12H2,1H3,(H,30,32). The van der Waals surface area contributed by atoms with E-state index in [9.17, 15) is 22.0 Å². The summed E-state index contributed by atoms with van der Waals surface area (Å²) in [6.07, 6.45) is -1.01. The number of pyridine rings is 1. The summed E-state index contributed by atoms with van der Waals surface area (Å²) in [7, 11) is 1.56. The molecule has 2 atom stereocenters. The van der Waals surface area contributed by atoms with Gasteiger partial charge < -0.3 is 19.7 Å². The smallest absolute Gasteiger partial charge is 0.408 e. The predicted octanol–water partition coefficient (Wildman–Crippen LogP) is 4.64. The third-order valence-electron chi connectivity index (χ3n) is 6.49. The zero-order valence-electron chi connectivity index (χ0n) is 19.2. The van der Waals surface area contributed by atoms with E-state index in [1.54, 1.807) is 13.3 Å². The van der Waals surface area contributed by atoms with Gasteiger partial charge in [0.25, 0.3) is 0 Å². The highest BCUT2D eigenvalue weighted by atomic mass is 19.4. The van der Waals surface area contributed by atoms with Crippen molar-refractivity contribution in [3.63, 3.8) is 0 Å². The van der Waals surface area contributed by atoms with Crippen LogP contribution >= 0.6 is 0 Å². The predicted molar refractivity (Wildman–Crippen MR) is 119 cm³/mol. The summed E-state index contributed by atoms with van der Waals surface area (Å²) in [6, 6.07) is 5.92. The molecule has 3 aromatic rings. The Balaban J connectivity index is 1.34. The molecule has 2 aliphatic rings. The molecule has 5 rings (SSSR count). The number of hydrogen-bond acceptors (Lipinski definition) is 7. The quantitative estimate of drug-likeness (QED) is 0.464. The Hall–Kier alpha value is -3.64. The molecule has 8 nitrogen and oxygen atoms in total. The molecule has 0 radical (unpaired) electrons. The van der Waals surface area contributed by atoms with Crippen LogP contribution < -0.4 is 19.7 Å². The number of halogens is 5. The maximum Gasteiger partial charge on any atom is 0.408 e. The van der Waals surface area contributed by atoms with Crippen molar-refractivity contribution in [2.24, 2.45) is 11.8 Å². The SMILES string of the molecule is COc1cc(N2CC3CCC(C2)C3Nc2nc(Oc3ccc(F)c(F)c3)n(CC(F)(F)F)n2)ccn1. The topological polar surface area (TPSA) is 77.3 Å². The van der Waals surface area contributed by atoms with E-state index in [4.69, 9.17) is 9.47 Å². The molecule has 2 aromatic heterocycles. The largest absolute Gasteiger partial charge is 0.481 e. The van der Waals surface area contributed by atoms with Crippen LogP contribution in [0.25, 0.3) is 0 Å². The highest BCUT2D eigenvalue weighted by molar-refractivity contribution is 5.49. The second kappa shape index (κ2) is 9.43. The van der Waals surface area contributed by atoms with Gasteiger partial charge in [0.05, 0.1) is 7.11 Å². The van der Waals surface area contributed by atoms with Gasteiger partial charge in [0.1, 0.15) is 12.3 Å². The third-order valence-corrected chi connectivity index (χ3v) is 6.49. The van der Waals surface area contributed by atoms with Gasteiger partial charge in [-0.25, -0.2) is 18.4 Å². The molecule has 2 unspecified atom stereocenters. The van der Waals surface area contributed by atoms with Crippen molar-refractivity contribution < 1.29 is 31.4 Å². The zero-order valence-corrected chi connectivity index (χ0v) is 19.2. The molecule has 2 bridgehead atoms. The number of methoxy groups -OCH3 is 1. The van der Waals surface area contributed by atoms with Gasteiger partial charge in [0.15, 0.2) is 11.6 Å². The molecule has 1 N–H and O–H groups in total. The highest BCUT2D eigenvalue weighted by Crippen LogP contribution is 2.40. The fraction of sp³-hybridized carbons (Fsp3) is 0.435. The van der Waals surface area contributed by atoms with Gasteiger partial charge in [-0.1, -0.05) is 0 Å². The summed E-state index contributed by atoms with van der Waals surface area (Å²) < 4.78 is 77.3. The molecule has 1 saturated carbocycles. The molecule has 192 valence electrons. The van der Waals surface area contributed by atoms with Gasteiger partial charge in [-0.05, 0) is 42.9 Å². The first-order chi connectivity index (χ1) is 17.2. The van der Waals surface area contributed by atoms with Gasteiger partial charge in [0, 0.05) is 43.1 Å². The highest BCUT2D eigenvalue weighted by Gasteiger charge is 2.43. The molecule has 1 saturated heterocycles. The monoisotopic (exact) mass is 510 g/mol. The van der Waals surface area contributed by atoms with Crippen LogP contribution in [-0.4, -0.2) is 52.2 Å². The van der Waals surface area contributed by atoms with Crippen LogP contribution in [0.3, 0.4) is 0 Å². The minimum absolute atomic E-state index is 0.0160. The van der Waals surface area contributed by atoms with Gasteiger partial charge >= 0.3 is 12.2 Å². The number of hydrogen-bond donors (Lipinski definition) is 1. The van der Waals surface area contributed by atoms with Crippen molar-refractivity contribution in [2.45, 2.75) is 31.6 Å². The van der Waals surface area contributed by atoms with Crippen LogP contribution in [0.15, 0.2) is 36.5 Å². The van der Waals surface area contributed by atoms with Crippen molar-refractivity contribution in [3.05, 3.63) is 48.2 Å². The lowest BCUT2D eigenvalue weighted by atomic mass is 9.92. The van der Waals surface area contributed by atoms with E-state index in [1.165, 1.54) is 0 Å². The number of anilines is 2. The van der Waals surface area contributed by atoms with E-state index >= 15 is 0 Å². The van der Waals surface area contributed by atoms with Crippen molar-refractivity contribution in [1.82, 2.24) is 19.7 Å². The van der Waals surface area contributed by atoms with E-state index in [-0.39, 0.29) is 29.6 Å². The van der Waals surface area contributed by atoms with Crippen molar-refractivity contribution in [3.8, 4) is 17.6 Å². The van der Waals surface area contributed by atoms with Gasteiger partial charge in [-0.15, -0.1) is 5.10 Å². The number of piperidine rings is 1.